The van der Waals surface area contributed by atoms with Gasteiger partial charge in [0.05, 0.1) is 24.5 Å². The number of rotatable bonds is 3. The van der Waals surface area contributed by atoms with E-state index in [-0.39, 0.29) is 17.4 Å². The molecule has 3 heterocycles. The molecule has 1 spiro atoms. The maximum Gasteiger partial charge on any atom is 0.254 e. The van der Waals surface area contributed by atoms with Gasteiger partial charge in [0.15, 0.2) is 0 Å². The van der Waals surface area contributed by atoms with Crippen LogP contribution in [0.25, 0.3) is 0 Å². The van der Waals surface area contributed by atoms with Crippen LogP contribution in [0.4, 0.5) is 0 Å². The normalized spacial score (nSPS) is 24.7. The van der Waals surface area contributed by atoms with Crippen LogP contribution >= 0.6 is 11.3 Å². The highest BCUT2D eigenvalue weighted by molar-refractivity contribution is 7.88. The van der Waals surface area contributed by atoms with E-state index in [1.54, 1.807) is 0 Å². The number of carbonyl (C=O) groups is 1. The first-order valence-electron chi connectivity index (χ1n) is 7.76. The monoisotopic (exact) mass is 358 g/mol. The number of likely N-dealkylation sites (tertiary alicyclic amines) is 1. The molecule has 2 fully saturated rings. The lowest BCUT2D eigenvalue weighted by atomic mass is 9.69. The Labute approximate surface area is 140 Å². The van der Waals surface area contributed by atoms with Gasteiger partial charge >= 0.3 is 0 Å². The SMILES string of the molecule is CS(=O)(=O)N[C@H]1COCCC12CCN(C(=O)c1ccsc1)CC2. The van der Waals surface area contributed by atoms with Gasteiger partial charge < -0.3 is 9.64 Å². The Bertz CT molecular complexity index is 649. The third-order valence-corrected chi connectivity index (χ3v) is 6.33. The van der Waals surface area contributed by atoms with Crippen molar-refractivity contribution in [2.75, 3.05) is 32.6 Å². The summed E-state index contributed by atoms with van der Waals surface area (Å²) in [6, 6.07) is 1.64. The minimum Gasteiger partial charge on any atom is -0.380 e. The van der Waals surface area contributed by atoms with Crippen molar-refractivity contribution >= 4 is 27.3 Å². The standard InChI is InChI=1S/C15H22N2O4S2/c1-23(19,20)16-13-10-21-8-5-15(13)3-6-17(7-4-15)14(18)12-2-9-22-11-12/h2,9,11,13,16H,3-8,10H2,1H3/t13-/m0/s1. The summed E-state index contributed by atoms with van der Waals surface area (Å²) in [5.74, 6) is 0.0702. The molecule has 0 saturated carbocycles. The summed E-state index contributed by atoms with van der Waals surface area (Å²) in [5, 5.41) is 3.78. The highest BCUT2D eigenvalue weighted by Crippen LogP contribution is 2.41. The topological polar surface area (TPSA) is 75.7 Å². The number of piperidine rings is 1. The zero-order chi connectivity index (χ0) is 16.5. The number of carbonyl (C=O) groups excluding carboxylic acids is 1. The van der Waals surface area contributed by atoms with E-state index in [2.05, 4.69) is 4.72 Å². The largest absolute Gasteiger partial charge is 0.380 e. The summed E-state index contributed by atoms with van der Waals surface area (Å²) in [6.07, 6.45) is 3.63. The maximum absolute atomic E-state index is 12.4. The van der Waals surface area contributed by atoms with Crippen molar-refractivity contribution in [1.82, 2.24) is 9.62 Å². The molecule has 1 N–H and O–H groups in total. The van der Waals surface area contributed by atoms with Crippen molar-refractivity contribution in [3.05, 3.63) is 22.4 Å². The molecule has 0 aromatic carbocycles. The Hall–Kier alpha value is -0.960. The van der Waals surface area contributed by atoms with Crippen molar-refractivity contribution in [1.29, 1.82) is 0 Å². The summed E-state index contributed by atoms with van der Waals surface area (Å²) in [5.41, 5.74) is 0.635. The molecule has 1 amide bonds. The average molecular weight is 358 g/mol. The summed E-state index contributed by atoms with van der Waals surface area (Å²) < 4.78 is 31.5. The number of hydrogen-bond acceptors (Lipinski definition) is 5. The highest BCUT2D eigenvalue weighted by Gasteiger charge is 2.45. The first kappa shape index (κ1) is 16.9. The van der Waals surface area contributed by atoms with Gasteiger partial charge in [-0.3, -0.25) is 4.79 Å². The molecule has 2 saturated heterocycles. The highest BCUT2D eigenvalue weighted by atomic mass is 32.2. The lowest BCUT2D eigenvalue weighted by molar-refractivity contribution is -0.0400. The van der Waals surface area contributed by atoms with Crippen LogP contribution in [0.3, 0.4) is 0 Å². The van der Waals surface area contributed by atoms with E-state index >= 15 is 0 Å². The summed E-state index contributed by atoms with van der Waals surface area (Å²) in [7, 11) is -3.27. The fourth-order valence-corrected chi connectivity index (χ4v) is 5.03. The van der Waals surface area contributed by atoms with Crippen LogP contribution in [0, 0.1) is 5.41 Å². The molecule has 128 valence electrons. The van der Waals surface area contributed by atoms with E-state index in [1.165, 1.54) is 17.6 Å². The Balaban J connectivity index is 1.69. The predicted octanol–water partition coefficient (Wildman–Crippen LogP) is 1.31. The average Bonchev–Trinajstić information content (AvgIpc) is 3.03. The third kappa shape index (κ3) is 3.76. The van der Waals surface area contributed by atoms with Crippen LogP contribution in [-0.4, -0.2) is 57.8 Å². The van der Waals surface area contributed by atoms with E-state index in [9.17, 15) is 13.2 Å². The molecule has 2 aliphatic heterocycles. The Kier molecular flexibility index (Phi) is 4.78. The molecule has 0 unspecified atom stereocenters. The number of amides is 1. The van der Waals surface area contributed by atoms with Gasteiger partial charge in [-0.25, -0.2) is 13.1 Å². The molecule has 0 aliphatic carbocycles. The van der Waals surface area contributed by atoms with E-state index in [0.29, 0.717) is 26.3 Å². The van der Waals surface area contributed by atoms with Gasteiger partial charge in [-0.2, -0.15) is 11.3 Å². The smallest absolute Gasteiger partial charge is 0.254 e. The quantitative estimate of drug-likeness (QED) is 0.884. The Morgan fingerprint density at radius 1 is 1.39 bits per heavy atom. The fraction of sp³-hybridized carbons (Fsp3) is 0.667. The molecule has 6 nitrogen and oxygen atoms in total. The maximum atomic E-state index is 12.4. The number of thiophene rings is 1. The minimum atomic E-state index is -3.27. The summed E-state index contributed by atoms with van der Waals surface area (Å²) in [6.45, 7) is 2.39. The second-order valence-corrected chi connectivity index (χ2v) is 8.99. The van der Waals surface area contributed by atoms with Crippen LogP contribution in [0.1, 0.15) is 29.6 Å². The van der Waals surface area contributed by atoms with E-state index in [0.717, 1.165) is 24.8 Å². The van der Waals surface area contributed by atoms with Crippen molar-refractivity contribution in [3.8, 4) is 0 Å². The molecule has 2 aliphatic rings. The number of ether oxygens (including phenoxy) is 1. The van der Waals surface area contributed by atoms with Crippen LogP contribution in [0.15, 0.2) is 16.8 Å². The first-order valence-corrected chi connectivity index (χ1v) is 10.6. The zero-order valence-electron chi connectivity index (χ0n) is 13.2. The molecule has 1 atom stereocenters. The molecular weight excluding hydrogens is 336 g/mol. The lowest BCUT2D eigenvalue weighted by Crippen LogP contribution is -2.57. The van der Waals surface area contributed by atoms with Gasteiger partial charge in [0.1, 0.15) is 0 Å². The zero-order valence-corrected chi connectivity index (χ0v) is 14.8. The fourth-order valence-electron chi connectivity index (χ4n) is 3.57. The van der Waals surface area contributed by atoms with Gasteiger partial charge in [-0.1, -0.05) is 0 Å². The first-order chi connectivity index (χ1) is 10.9. The van der Waals surface area contributed by atoms with Crippen molar-refractivity contribution in [3.63, 3.8) is 0 Å². The molecule has 0 bridgehead atoms. The number of nitrogens with zero attached hydrogens (tertiary/aromatic N) is 1. The van der Waals surface area contributed by atoms with Gasteiger partial charge in [0, 0.05) is 25.1 Å². The van der Waals surface area contributed by atoms with Gasteiger partial charge in [0.2, 0.25) is 10.0 Å². The van der Waals surface area contributed by atoms with Gasteiger partial charge in [-0.15, -0.1) is 0 Å². The second kappa shape index (κ2) is 6.51. The minimum absolute atomic E-state index is 0.0702. The van der Waals surface area contributed by atoms with Crippen LogP contribution in [0.2, 0.25) is 0 Å². The van der Waals surface area contributed by atoms with Gasteiger partial charge in [0.25, 0.3) is 5.91 Å². The van der Waals surface area contributed by atoms with Crippen molar-refractivity contribution in [2.24, 2.45) is 5.41 Å². The lowest BCUT2D eigenvalue weighted by Gasteiger charge is -2.48. The molecular formula is C15H22N2O4S2. The van der Waals surface area contributed by atoms with Crippen molar-refractivity contribution < 1.29 is 17.9 Å². The predicted molar refractivity (Wildman–Crippen MR) is 89.1 cm³/mol. The molecule has 1 aromatic rings. The van der Waals surface area contributed by atoms with Crippen LogP contribution in [0.5, 0.6) is 0 Å². The molecule has 1 aromatic heterocycles. The Morgan fingerprint density at radius 3 is 2.74 bits per heavy atom. The molecule has 8 heteroatoms. The molecule has 3 rings (SSSR count). The van der Waals surface area contributed by atoms with E-state index < -0.39 is 10.0 Å². The molecule has 0 radical (unpaired) electrons. The summed E-state index contributed by atoms with van der Waals surface area (Å²) >= 11 is 1.52. The van der Waals surface area contributed by atoms with Crippen LogP contribution < -0.4 is 4.72 Å². The Morgan fingerprint density at radius 2 is 2.13 bits per heavy atom. The summed E-state index contributed by atoms with van der Waals surface area (Å²) in [4.78, 5) is 14.3. The van der Waals surface area contributed by atoms with Gasteiger partial charge in [-0.05, 0) is 36.1 Å². The van der Waals surface area contributed by atoms with Crippen molar-refractivity contribution in [2.45, 2.75) is 25.3 Å². The number of hydrogen-bond donors (Lipinski definition) is 1. The van der Waals surface area contributed by atoms with E-state index in [4.69, 9.17) is 4.74 Å². The van der Waals surface area contributed by atoms with Crippen LogP contribution in [-0.2, 0) is 14.8 Å². The number of nitrogens with one attached hydrogen (secondary N) is 1. The number of sulfonamides is 1. The third-order valence-electron chi connectivity index (χ3n) is 4.94. The van der Waals surface area contributed by atoms with E-state index in [1.807, 2.05) is 21.7 Å². The molecule has 23 heavy (non-hydrogen) atoms. The second-order valence-electron chi connectivity index (χ2n) is 6.43.